The Kier molecular flexibility index (Phi) is 2.45. The minimum Gasteiger partial charge on any atom is -0.325 e. The van der Waals surface area contributed by atoms with Gasteiger partial charge in [0.1, 0.15) is 5.82 Å². The van der Waals surface area contributed by atoms with Crippen molar-refractivity contribution in [2.45, 2.75) is 31.0 Å². The number of nitrogens with two attached hydrogens (primary N) is 1. The number of halogens is 4. The summed E-state index contributed by atoms with van der Waals surface area (Å²) in [6.45, 7) is 0. The van der Waals surface area contributed by atoms with Crippen LogP contribution in [0.25, 0.3) is 0 Å². The van der Waals surface area contributed by atoms with Gasteiger partial charge in [-0.3, -0.25) is 0 Å². The molecule has 1 saturated carbocycles. The Labute approximate surface area is 90.3 Å². The summed E-state index contributed by atoms with van der Waals surface area (Å²) in [5.41, 5.74) is 3.97. The zero-order valence-corrected chi connectivity index (χ0v) is 8.44. The van der Waals surface area contributed by atoms with Crippen molar-refractivity contribution in [2.75, 3.05) is 0 Å². The maximum absolute atomic E-state index is 13.2. The molecule has 0 spiro atoms. The van der Waals surface area contributed by atoms with Crippen LogP contribution in [0.2, 0.25) is 0 Å². The fourth-order valence-electron chi connectivity index (χ4n) is 1.75. The predicted molar refractivity (Wildman–Crippen MR) is 51.3 cm³/mol. The highest BCUT2D eigenvalue weighted by molar-refractivity contribution is 5.33. The van der Waals surface area contributed by atoms with Crippen LogP contribution in [-0.2, 0) is 12.6 Å². The Morgan fingerprint density at radius 2 is 1.88 bits per heavy atom. The molecule has 0 aromatic heterocycles. The zero-order chi connectivity index (χ0) is 12.0. The molecule has 0 aliphatic heterocycles. The highest BCUT2D eigenvalue weighted by atomic mass is 19.4. The van der Waals surface area contributed by atoms with E-state index in [1.165, 1.54) is 12.1 Å². The molecule has 2 rings (SSSR count). The Hall–Kier alpha value is -1.10. The van der Waals surface area contributed by atoms with E-state index < -0.39 is 23.1 Å². The summed E-state index contributed by atoms with van der Waals surface area (Å²) < 4.78 is 51.1. The van der Waals surface area contributed by atoms with Crippen LogP contribution in [0.3, 0.4) is 0 Å². The summed E-state index contributed by atoms with van der Waals surface area (Å²) in [4.78, 5) is 0. The van der Waals surface area contributed by atoms with Crippen molar-refractivity contribution in [1.82, 2.24) is 0 Å². The Morgan fingerprint density at radius 1 is 1.25 bits per heavy atom. The van der Waals surface area contributed by atoms with Gasteiger partial charge in [0.05, 0.1) is 5.56 Å². The van der Waals surface area contributed by atoms with E-state index in [1.54, 1.807) is 0 Å². The molecule has 0 amide bonds. The van der Waals surface area contributed by atoms with Gasteiger partial charge in [-0.05, 0) is 30.9 Å². The first kappa shape index (κ1) is 11.4. The molecular formula is C11H11F4N. The van der Waals surface area contributed by atoms with E-state index in [0.29, 0.717) is 12.8 Å². The maximum Gasteiger partial charge on any atom is 0.419 e. The van der Waals surface area contributed by atoms with Crippen LogP contribution in [-0.4, -0.2) is 5.54 Å². The average Bonchev–Trinajstić information content (AvgIpc) is 2.80. The van der Waals surface area contributed by atoms with Gasteiger partial charge in [-0.2, -0.15) is 13.2 Å². The Morgan fingerprint density at radius 3 is 2.38 bits per heavy atom. The van der Waals surface area contributed by atoms with Gasteiger partial charge in [0.15, 0.2) is 0 Å². The molecule has 0 radical (unpaired) electrons. The number of hydrogen-bond acceptors (Lipinski definition) is 1. The summed E-state index contributed by atoms with van der Waals surface area (Å²) in [6.07, 6.45) is -3.19. The topological polar surface area (TPSA) is 26.0 Å². The van der Waals surface area contributed by atoms with Gasteiger partial charge in [-0.15, -0.1) is 0 Å². The lowest BCUT2D eigenvalue weighted by molar-refractivity contribution is -0.140. The Balaban J connectivity index is 2.40. The summed E-state index contributed by atoms with van der Waals surface area (Å²) >= 11 is 0. The van der Waals surface area contributed by atoms with Gasteiger partial charge < -0.3 is 5.73 Å². The molecule has 16 heavy (non-hydrogen) atoms. The molecule has 1 nitrogen and oxygen atoms in total. The molecule has 5 heteroatoms. The molecule has 0 atom stereocenters. The number of alkyl halides is 3. The molecule has 1 aliphatic carbocycles. The first-order valence-electron chi connectivity index (χ1n) is 4.95. The van der Waals surface area contributed by atoms with Crippen molar-refractivity contribution < 1.29 is 17.6 Å². The van der Waals surface area contributed by atoms with E-state index >= 15 is 0 Å². The van der Waals surface area contributed by atoms with E-state index in [0.717, 1.165) is 6.07 Å². The van der Waals surface area contributed by atoms with Crippen LogP contribution < -0.4 is 5.73 Å². The molecule has 88 valence electrons. The van der Waals surface area contributed by atoms with E-state index in [-0.39, 0.29) is 12.0 Å². The van der Waals surface area contributed by atoms with E-state index in [1.807, 2.05) is 0 Å². The minimum absolute atomic E-state index is 0.0486. The first-order chi connectivity index (χ1) is 7.32. The standard InChI is InChI=1S/C11H11F4N/c12-8-3-1-2-7(6-10(16)4-5-10)9(8)11(13,14)15/h1-3H,4-6,16H2. The van der Waals surface area contributed by atoms with Crippen LogP contribution in [0.1, 0.15) is 24.0 Å². The van der Waals surface area contributed by atoms with E-state index in [4.69, 9.17) is 5.73 Å². The third-order valence-electron chi connectivity index (χ3n) is 2.82. The molecule has 1 fully saturated rings. The van der Waals surface area contributed by atoms with Gasteiger partial charge in [0, 0.05) is 5.54 Å². The first-order valence-corrected chi connectivity index (χ1v) is 4.95. The Bertz CT molecular complexity index is 407. The van der Waals surface area contributed by atoms with Crippen LogP contribution in [0, 0.1) is 5.82 Å². The van der Waals surface area contributed by atoms with Crippen molar-refractivity contribution in [2.24, 2.45) is 5.73 Å². The molecule has 0 bridgehead atoms. The fraction of sp³-hybridized carbons (Fsp3) is 0.455. The molecule has 2 N–H and O–H groups in total. The SMILES string of the molecule is NC1(Cc2cccc(F)c2C(F)(F)F)CC1. The maximum atomic E-state index is 13.2. The quantitative estimate of drug-likeness (QED) is 0.781. The van der Waals surface area contributed by atoms with Crippen LogP contribution in [0.5, 0.6) is 0 Å². The van der Waals surface area contributed by atoms with Crippen molar-refractivity contribution in [3.63, 3.8) is 0 Å². The van der Waals surface area contributed by atoms with Crippen molar-refractivity contribution in [3.05, 3.63) is 35.1 Å². The van der Waals surface area contributed by atoms with Gasteiger partial charge in [0.2, 0.25) is 0 Å². The average molecular weight is 233 g/mol. The highest BCUT2D eigenvalue weighted by Gasteiger charge is 2.42. The van der Waals surface area contributed by atoms with Gasteiger partial charge >= 0.3 is 6.18 Å². The molecular weight excluding hydrogens is 222 g/mol. The predicted octanol–water partition coefficient (Wildman–Crippen LogP) is 2.88. The van der Waals surface area contributed by atoms with E-state index in [2.05, 4.69) is 0 Å². The monoisotopic (exact) mass is 233 g/mol. The highest BCUT2D eigenvalue weighted by Crippen LogP contribution is 2.40. The molecule has 0 saturated heterocycles. The largest absolute Gasteiger partial charge is 0.419 e. The minimum atomic E-state index is -4.66. The van der Waals surface area contributed by atoms with Crippen molar-refractivity contribution in [3.8, 4) is 0 Å². The second kappa shape index (κ2) is 3.45. The molecule has 0 unspecified atom stereocenters. The molecule has 1 aromatic rings. The van der Waals surface area contributed by atoms with Crippen LogP contribution in [0.15, 0.2) is 18.2 Å². The second-order valence-electron chi connectivity index (χ2n) is 4.31. The fourth-order valence-corrected chi connectivity index (χ4v) is 1.75. The lowest BCUT2D eigenvalue weighted by Crippen LogP contribution is -2.26. The number of hydrogen-bond donors (Lipinski definition) is 1. The van der Waals surface area contributed by atoms with Crippen LogP contribution in [0.4, 0.5) is 17.6 Å². The van der Waals surface area contributed by atoms with Gasteiger partial charge in [0.25, 0.3) is 0 Å². The summed E-state index contributed by atoms with van der Waals surface area (Å²) in [6, 6.07) is 3.40. The number of benzene rings is 1. The second-order valence-corrected chi connectivity index (χ2v) is 4.31. The third kappa shape index (κ3) is 2.19. The smallest absolute Gasteiger partial charge is 0.325 e. The summed E-state index contributed by atoms with van der Waals surface area (Å²) in [5.74, 6) is -1.23. The van der Waals surface area contributed by atoms with Crippen molar-refractivity contribution in [1.29, 1.82) is 0 Å². The van der Waals surface area contributed by atoms with E-state index in [9.17, 15) is 17.6 Å². The zero-order valence-electron chi connectivity index (χ0n) is 8.44. The third-order valence-corrected chi connectivity index (χ3v) is 2.82. The van der Waals surface area contributed by atoms with Crippen LogP contribution >= 0.6 is 0 Å². The lowest BCUT2D eigenvalue weighted by Gasteiger charge is -2.16. The van der Waals surface area contributed by atoms with Crippen molar-refractivity contribution >= 4 is 0 Å². The lowest BCUT2D eigenvalue weighted by atomic mass is 9.98. The number of rotatable bonds is 2. The van der Waals surface area contributed by atoms with Gasteiger partial charge in [-0.1, -0.05) is 12.1 Å². The van der Waals surface area contributed by atoms with Gasteiger partial charge in [-0.25, -0.2) is 4.39 Å². The summed E-state index contributed by atoms with van der Waals surface area (Å²) in [5, 5.41) is 0. The molecule has 1 aliphatic rings. The normalized spacial score (nSPS) is 18.6. The molecule has 1 aromatic carbocycles. The molecule has 0 heterocycles. The summed E-state index contributed by atoms with van der Waals surface area (Å²) in [7, 11) is 0.